The van der Waals surface area contributed by atoms with Gasteiger partial charge in [0.15, 0.2) is 0 Å². The zero-order chi connectivity index (χ0) is 13.8. The third-order valence-corrected chi connectivity index (χ3v) is 5.04. The van der Waals surface area contributed by atoms with Crippen molar-refractivity contribution in [1.29, 1.82) is 0 Å². The van der Waals surface area contributed by atoms with Crippen LogP contribution in [0.25, 0.3) is 0 Å². The second-order valence-electron chi connectivity index (χ2n) is 4.67. The second kappa shape index (κ2) is 6.49. The van der Waals surface area contributed by atoms with Gasteiger partial charge in [0.2, 0.25) is 15.9 Å². The number of nitrogens with one attached hydrogen (secondary N) is 1. The third-order valence-electron chi connectivity index (χ3n) is 3.15. The SMILES string of the molecule is CCS(=O)(=O)N1CCC(C(=O)NC[C@@H](C)O)CC1. The first-order chi connectivity index (χ1) is 8.36. The van der Waals surface area contributed by atoms with Crippen LogP contribution in [0, 0.1) is 5.92 Å². The molecule has 1 amide bonds. The molecule has 1 aliphatic rings. The molecule has 1 fully saturated rings. The fraction of sp³-hybridized carbons (Fsp3) is 0.909. The van der Waals surface area contributed by atoms with Gasteiger partial charge in [-0.25, -0.2) is 12.7 Å². The molecule has 0 spiro atoms. The van der Waals surface area contributed by atoms with Gasteiger partial charge in [-0.15, -0.1) is 0 Å². The van der Waals surface area contributed by atoms with Crippen molar-refractivity contribution in [2.45, 2.75) is 32.8 Å². The first-order valence-electron chi connectivity index (χ1n) is 6.30. The fourth-order valence-corrected chi connectivity index (χ4v) is 3.10. The molecule has 0 bridgehead atoms. The number of rotatable bonds is 5. The van der Waals surface area contributed by atoms with Gasteiger partial charge in [-0.1, -0.05) is 0 Å². The zero-order valence-corrected chi connectivity index (χ0v) is 11.7. The molecule has 0 aromatic carbocycles. The Bertz CT molecular complexity index is 373. The molecule has 6 nitrogen and oxygen atoms in total. The van der Waals surface area contributed by atoms with E-state index in [0.29, 0.717) is 25.9 Å². The maximum absolute atomic E-state index is 11.7. The largest absolute Gasteiger partial charge is 0.392 e. The quantitative estimate of drug-likeness (QED) is 0.713. The van der Waals surface area contributed by atoms with Crippen LogP contribution >= 0.6 is 0 Å². The molecular weight excluding hydrogens is 256 g/mol. The summed E-state index contributed by atoms with van der Waals surface area (Å²) in [6.07, 6.45) is 0.532. The Morgan fingerprint density at radius 3 is 2.44 bits per heavy atom. The minimum atomic E-state index is -3.13. The minimum Gasteiger partial charge on any atom is -0.392 e. The van der Waals surface area contributed by atoms with Crippen LogP contribution in [0.1, 0.15) is 26.7 Å². The number of nitrogens with zero attached hydrogens (tertiary/aromatic N) is 1. The van der Waals surface area contributed by atoms with E-state index in [1.165, 1.54) is 4.31 Å². The minimum absolute atomic E-state index is 0.0931. The number of sulfonamides is 1. The van der Waals surface area contributed by atoms with Gasteiger partial charge in [0, 0.05) is 25.6 Å². The Morgan fingerprint density at radius 2 is 2.00 bits per heavy atom. The lowest BCUT2D eigenvalue weighted by Crippen LogP contribution is -2.44. The van der Waals surface area contributed by atoms with Crippen LogP contribution in [-0.4, -0.2) is 55.2 Å². The van der Waals surface area contributed by atoms with Gasteiger partial charge < -0.3 is 10.4 Å². The molecule has 18 heavy (non-hydrogen) atoms. The number of hydrogen-bond donors (Lipinski definition) is 2. The van der Waals surface area contributed by atoms with E-state index in [2.05, 4.69) is 5.32 Å². The van der Waals surface area contributed by atoms with Crippen LogP contribution < -0.4 is 5.32 Å². The summed E-state index contributed by atoms with van der Waals surface area (Å²) in [5.74, 6) is -0.136. The number of piperidine rings is 1. The smallest absolute Gasteiger partial charge is 0.223 e. The summed E-state index contributed by atoms with van der Waals surface area (Å²) in [7, 11) is -3.13. The molecule has 0 aliphatic carbocycles. The van der Waals surface area contributed by atoms with Gasteiger partial charge in [0.05, 0.1) is 11.9 Å². The summed E-state index contributed by atoms with van der Waals surface area (Å²) in [6.45, 7) is 4.28. The van der Waals surface area contributed by atoms with E-state index in [9.17, 15) is 13.2 Å². The van der Waals surface area contributed by atoms with Crippen molar-refractivity contribution in [3.63, 3.8) is 0 Å². The molecule has 1 aliphatic heterocycles. The molecule has 1 saturated heterocycles. The Morgan fingerprint density at radius 1 is 1.44 bits per heavy atom. The fourth-order valence-electron chi connectivity index (χ4n) is 1.97. The highest BCUT2D eigenvalue weighted by atomic mass is 32.2. The first-order valence-corrected chi connectivity index (χ1v) is 7.91. The molecule has 1 atom stereocenters. The van der Waals surface area contributed by atoms with Crippen molar-refractivity contribution in [1.82, 2.24) is 9.62 Å². The van der Waals surface area contributed by atoms with Crippen molar-refractivity contribution >= 4 is 15.9 Å². The highest BCUT2D eigenvalue weighted by Gasteiger charge is 2.29. The number of aliphatic hydroxyl groups is 1. The van der Waals surface area contributed by atoms with Gasteiger partial charge in [-0.05, 0) is 26.7 Å². The standard InChI is InChI=1S/C11H22N2O4S/c1-3-18(16,17)13-6-4-10(5-7-13)11(15)12-8-9(2)14/h9-10,14H,3-8H2,1-2H3,(H,12,15)/t9-/m1/s1. The number of aliphatic hydroxyl groups excluding tert-OH is 1. The van der Waals surface area contributed by atoms with E-state index in [1.54, 1.807) is 13.8 Å². The normalized spacial score (nSPS) is 20.6. The summed E-state index contributed by atoms with van der Waals surface area (Å²) in [5.41, 5.74) is 0. The Kier molecular flexibility index (Phi) is 5.55. The molecule has 0 unspecified atom stereocenters. The molecule has 106 valence electrons. The maximum Gasteiger partial charge on any atom is 0.223 e. The summed E-state index contributed by atoms with van der Waals surface area (Å²) in [4.78, 5) is 11.7. The Balaban J connectivity index is 2.42. The summed E-state index contributed by atoms with van der Waals surface area (Å²) in [5, 5.41) is 11.7. The lowest BCUT2D eigenvalue weighted by atomic mass is 9.97. The predicted molar refractivity (Wildman–Crippen MR) is 68.4 cm³/mol. The highest BCUT2D eigenvalue weighted by molar-refractivity contribution is 7.89. The molecule has 0 aromatic heterocycles. The van der Waals surface area contributed by atoms with Crippen molar-refractivity contribution < 1.29 is 18.3 Å². The van der Waals surface area contributed by atoms with Crippen LogP contribution in [-0.2, 0) is 14.8 Å². The first kappa shape index (κ1) is 15.4. The molecule has 0 saturated carbocycles. The molecule has 1 heterocycles. The highest BCUT2D eigenvalue weighted by Crippen LogP contribution is 2.19. The zero-order valence-electron chi connectivity index (χ0n) is 10.9. The lowest BCUT2D eigenvalue weighted by molar-refractivity contribution is -0.126. The van der Waals surface area contributed by atoms with Crippen molar-refractivity contribution in [3.8, 4) is 0 Å². The van der Waals surface area contributed by atoms with E-state index in [-0.39, 0.29) is 24.1 Å². The van der Waals surface area contributed by atoms with Crippen molar-refractivity contribution in [2.75, 3.05) is 25.4 Å². The lowest BCUT2D eigenvalue weighted by Gasteiger charge is -2.30. The van der Waals surface area contributed by atoms with E-state index in [0.717, 1.165) is 0 Å². The maximum atomic E-state index is 11.7. The van der Waals surface area contributed by atoms with E-state index in [4.69, 9.17) is 5.11 Å². The second-order valence-corrected chi connectivity index (χ2v) is 6.93. The molecule has 0 aromatic rings. The van der Waals surface area contributed by atoms with Gasteiger partial charge in [-0.2, -0.15) is 0 Å². The van der Waals surface area contributed by atoms with Crippen LogP contribution in [0.15, 0.2) is 0 Å². The van der Waals surface area contributed by atoms with Gasteiger partial charge >= 0.3 is 0 Å². The summed E-state index contributed by atoms with van der Waals surface area (Å²) >= 11 is 0. The monoisotopic (exact) mass is 278 g/mol. The Labute approximate surface area is 108 Å². The van der Waals surface area contributed by atoms with Crippen molar-refractivity contribution in [3.05, 3.63) is 0 Å². The van der Waals surface area contributed by atoms with Crippen molar-refractivity contribution in [2.24, 2.45) is 5.92 Å². The van der Waals surface area contributed by atoms with E-state index < -0.39 is 16.1 Å². The molecule has 2 N–H and O–H groups in total. The molecule has 0 radical (unpaired) electrons. The summed E-state index contributed by atoms with van der Waals surface area (Å²) in [6, 6.07) is 0. The van der Waals surface area contributed by atoms with E-state index in [1.807, 2.05) is 0 Å². The Hall–Kier alpha value is -0.660. The van der Waals surface area contributed by atoms with E-state index >= 15 is 0 Å². The van der Waals surface area contributed by atoms with Crippen LogP contribution in [0.3, 0.4) is 0 Å². The predicted octanol–water partition coefficient (Wildman–Crippen LogP) is -0.455. The third kappa shape index (κ3) is 4.22. The summed E-state index contributed by atoms with van der Waals surface area (Å²) < 4.78 is 24.7. The average molecular weight is 278 g/mol. The van der Waals surface area contributed by atoms with Gasteiger partial charge in [0.1, 0.15) is 0 Å². The van der Waals surface area contributed by atoms with Crippen LogP contribution in [0.2, 0.25) is 0 Å². The molecule has 7 heteroatoms. The number of carbonyl (C=O) groups is 1. The topological polar surface area (TPSA) is 86.7 Å². The molecular formula is C11H22N2O4S. The molecule has 1 rings (SSSR count). The van der Waals surface area contributed by atoms with Crippen LogP contribution in [0.5, 0.6) is 0 Å². The number of hydrogen-bond acceptors (Lipinski definition) is 4. The van der Waals surface area contributed by atoms with Gasteiger partial charge in [-0.3, -0.25) is 4.79 Å². The number of carbonyl (C=O) groups excluding carboxylic acids is 1. The van der Waals surface area contributed by atoms with Crippen LogP contribution in [0.4, 0.5) is 0 Å². The van der Waals surface area contributed by atoms with Gasteiger partial charge in [0.25, 0.3) is 0 Å². The number of amides is 1. The average Bonchev–Trinajstić information content (AvgIpc) is 2.36.